The number of amides is 1. The van der Waals surface area contributed by atoms with Crippen molar-refractivity contribution in [3.05, 3.63) is 71.8 Å². The second-order valence-corrected chi connectivity index (χ2v) is 7.14. The summed E-state index contributed by atoms with van der Waals surface area (Å²) in [5.74, 6) is -1.28. The SMILES string of the molecule is O=C(N[C@H](CCc1ccccc1)P(=O)(O)O)OCc1ccccc1. The van der Waals surface area contributed by atoms with Crippen LogP contribution in [-0.2, 0) is 22.3 Å². The quantitative estimate of drug-likeness (QED) is 0.668. The molecule has 0 saturated heterocycles. The molecular formula is C17H20NO5P. The second kappa shape index (κ2) is 8.64. The number of nitrogens with one attached hydrogen (secondary N) is 1. The van der Waals surface area contributed by atoms with Gasteiger partial charge in [0.15, 0.2) is 0 Å². The van der Waals surface area contributed by atoms with Gasteiger partial charge in [0.05, 0.1) is 0 Å². The Bertz CT molecular complexity index is 687. The predicted molar refractivity (Wildman–Crippen MR) is 90.4 cm³/mol. The number of alkyl carbamates (subject to hydrolysis) is 1. The number of benzene rings is 2. The highest BCUT2D eigenvalue weighted by atomic mass is 31.2. The smallest absolute Gasteiger partial charge is 0.408 e. The molecule has 6 nitrogen and oxygen atoms in total. The van der Waals surface area contributed by atoms with Crippen LogP contribution in [0.15, 0.2) is 60.7 Å². The highest BCUT2D eigenvalue weighted by Crippen LogP contribution is 2.41. The number of hydrogen-bond acceptors (Lipinski definition) is 3. The summed E-state index contributed by atoms with van der Waals surface area (Å²) in [5.41, 5.74) is 1.74. The molecular weight excluding hydrogens is 329 g/mol. The van der Waals surface area contributed by atoms with Crippen molar-refractivity contribution in [2.24, 2.45) is 0 Å². The molecule has 2 rings (SSSR count). The lowest BCUT2D eigenvalue weighted by Gasteiger charge is -2.19. The van der Waals surface area contributed by atoms with Gasteiger partial charge in [-0.2, -0.15) is 0 Å². The monoisotopic (exact) mass is 349 g/mol. The number of ether oxygens (including phenoxy) is 1. The van der Waals surface area contributed by atoms with Crippen molar-refractivity contribution >= 4 is 13.7 Å². The molecule has 0 aliphatic rings. The minimum absolute atomic E-state index is 0.0409. The lowest BCUT2D eigenvalue weighted by molar-refractivity contribution is 0.136. The van der Waals surface area contributed by atoms with Crippen LogP contribution in [0.2, 0.25) is 0 Å². The maximum Gasteiger partial charge on any atom is 0.408 e. The van der Waals surface area contributed by atoms with E-state index in [4.69, 9.17) is 4.74 Å². The maximum atomic E-state index is 11.8. The van der Waals surface area contributed by atoms with Crippen LogP contribution in [0.3, 0.4) is 0 Å². The summed E-state index contributed by atoms with van der Waals surface area (Å²) in [4.78, 5) is 30.7. The van der Waals surface area contributed by atoms with Crippen LogP contribution in [0.1, 0.15) is 17.5 Å². The lowest BCUT2D eigenvalue weighted by atomic mass is 10.1. The van der Waals surface area contributed by atoms with Gasteiger partial charge in [0.25, 0.3) is 0 Å². The van der Waals surface area contributed by atoms with E-state index in [-0.39, 0.29) is 13.0 Å². The maximum absolute atomic E-state index is 11.8. The molecule has 1 amide bonds. The van der Waals surface area contributed by atoms with Crippen LogP contribution < -0.4 is 5.32 Å². The van der Waals surface area contributed by atoms with Gasteiger partial charge in [0, 0.05) is 0 Å². The topological polar surface area (TPSA) is 95.9 Å². The van der Waals surface area contributed by atoms with Gasteiger partial charge in [0.2, 0.25) is 0 Å². The van der Waals surface area contributed by atoms with E-state index in [1.165, 1.54) is 0 Å². The van der Waals surface area contributed by atoms with Gasteiger partial charge in [-0.1, -0.05) is 60.7 Å². The first kappa shape index (κ1) is 18.2. The number of rotatable bonds is 7. The van der Waals surface area contributed by atoms with E-state index in [0.717, 1.165) is 11.1 Å². The fraction of sp³-hybridized carbons (Fsp3) is 0.235. The van der Waals surface area contributed by atoms with Crippen LogP contribution in [0.4, 0.5) is 4.79 Å². The third-order valence-electron chi connectivity index (χ3n) is 3.45. The zero-order chi connectivity index (χ0) is 17.4. The minimum atomic E-state index is -4.47. The summed E-state index contributed by atoms with van der Waals surface area (Å²) < 4.78 is 16.6. The van der Waals surface area contributed by atoms with E-state index >= 15 is 0 Å². The lowest BCUT2D eigenvalue weighted by Crippen LogP contribution is -2.35. The second-order valence-electron chi connectivity index (χ2n) is 5.34. The average Bonchev–Trinajstić information content (AvgIpc) is 2.57. The molecule has 0 aliphatic carbocycles. The highest BCUT2D eigenvalue weighted by molar-refractivity contribution is 7.52. The molecule has 0 unspecified atom stereocenters. The molecule has 2 aromatic rings. The Morgan fingerprint density at radius 1 is 1.00 bits per heavy atom. The standard InChI is InChI=1S/C17H20NO5P/c19-17(23-13-15-9-5-2-6-10-15)18-16(24(20,21)22)12-11-14-7-3-1-4-8-14/h1-10,16H,11-13H2,(H,18,19)(H2,20,21,22)/t16-/m0/s1. The van der Waals surface area contributed by atoms with Gasteiger partial charge < -0.3 is 19.8 Å². The van der Waals surface area contributed by atoms with Crippen LogP contribution >= 0.6 is 7.60 Å². The number of aryl methyl sites for hydroxylation is 1. The van der Waals surface area contributed by atoms with Crippen molar-refractivity contribution in [1.82, 2.24) is 5.32 Å². The Morgan fingerprint density at radius 3 is 2.08 bits per heavy atom. The summed E-state index contributed by atoms with van der Waals surface area (Å²) in [6.07, 6.45) is -0.287. The molecule has 0 saturated carbocycles. The zero-order valence-electron chi connectivity index (χ0n) is 13.0. The summed E-state index contributed by atoms with van der Waals surface area (Å²) >= 11 is 0. The largest absolute Gasteiger partial charge is 0.445 e. The van der Waals surface area contributed by atoms with Crippen LogP contribution in [0, 0.1) is 0 Å². The molecule has 0 fully saturated rings. The highest BCUT2D eigenvalue weighted by Gasteiger charge is 2.30. The first-order valence-electron chi connectivity index (χ1n) is 7.51. The summed E-state index contributed by atoms with van der Waals surface area (Å²) in [6, 6.07) is 18.4. The van der Waals surface area contributed by atoms with Crippen molar-refractivity contribution in [2.75, 3.05) is 0 Å². The van der Waals surface area contributed by atoms with E-state index in [1.54, 1.807) is 12.1 Å². The fourth-order valence-electron chi connectivity index (χ4n) is 2.17. The Balaban J connectivity index is 1.88. The molecule has 2 aromatic carbocycles. The first-order chi connectivity index (χ1) is 11.4. The molecule has 0 spiro atoms. The molecule has 0 aliphatic heterocycles. The van der Waals surface area contributed by atoms with Crippen molar-refractivity contribution in [1.29, 1.82) is 0 Å². The van der Waals surface area contributed by atoms with Gasteiger partial charge in [-0.15, -0.1) is 0 Å². The van der Waals surface area contributed by atoms with Gasteiger partial charge in [-0.25, -0.2) is 4.79 Å². The average molecular weight is 349 g/mol. The Hall–Kier alpha value is -2.14. The van der Waals surface area contributed by atoms with Crippen molar-refractivity contribution in [3.63, 3.8) is 0 Å². The number of hydrogen-bond donors (Lipinski definition) is 3. The Morgan fingerprint density at radius 2 is 1.54 bits per heavy atom. The van der Waals surface area contributed by atoms with Crippen molar-refractivity contribution < 1.29 is 23.9 Å². The van der Waals surface area contributed by atoms with Crippen LogP contribution in [0.5, 0.6) is 0 Å². The molecule has 0 radical (unpaired) electrons. The van der Waals surface area contributed by atoms with E-state index in [0.29, 0.717) is 6.42 Å². The van der Waals surface area contributed by atoms with Gasteiger partial charge in [0.1, 0.15) is 12.4 Å². The van der Waals surface area contributed by atoms with E-state index in [9.17, 15) is 19.1 Å². The van der Waals surface area contributed by atoms with E-state index in [2.05, 4.69) is 5.32 Å². The molecule has 1 atom stereocenters. The molecule has 128 valence electrons. The molecule has 7 heteroatoms. The number of carbonyl (C=O) groups excluding carboxylic acids is 1. The third-order valence-corrected chi connectivity index (χ3v) is 4.65. The predicted octanol–water partition coefficient (Wildman–Crippen LogP) is 3.05. The Labute approximate surface area is 140 Å². The summed E-state index contributed by atoms with van der Waals surface area (Å²) in [5, 5.41) is 2.27. The van der Waals surface area contributed by atoms with Gasteiger partial charge in [-0.05, 0) is 24.0 Å². The van der Waals surface area contributed by atoms with Crippen LogP contribution in [0.25, 0.3) is 0 Å². The normalized spacial score (nSPS) is 12.4. The molecule has 0 aromatic heterocycles. The first-order valence-corrected chi connectivity index (χ1v) is 9.19. The zero-order valence-corrected chi connectivity index (χ0v) is 13.9. The van der Waals surface area contributed by atoms with Gasteiger partial charge >= 0.3 is 13.7 Å². The van der Waals surface area contributed by atoms with Crippen molar-refractivity contribution in [2.45, 2.75) is 25.2 Å². The van der Waals surface area contributed by atoms with Crippen molar-refractivity contribution in [3.8, 4) is 0 Å². The molecule has 0 bridgehead atoms. The Kier molecular flexibility index (Phi) is 6.55. The number of carbonyl (C=O) groups is 1. The summed E-state index contributed by atoms with van der Waals surface area (Å²) in [7, 11) is -4.47. The minimum Gasteiger partial charge on any atom is -0.445 e. The van der Waals surface area contributed by atoms with E-state index < -0.39 is 19.5 Å². The molecule has 3 N–H and O–H groups in total. The fourth-order valence-corrected chi connectivity index (χ4v) is 2.91. The summed E-state index contributed by atoms with van der Waals surface area (Å²) in [6.45, 7) is 0.0409. The van der Waals surface area contributed by atoms with Crippen LogP contribution in [-0.4, -0.2) is 21.7 Å². The molecule has 24 heavy (non-hydrogen) atoms. The third kappa shape index (κ3) is 6.16. The molecule has 0 heterocycles. The van der Waals surface area contributed by atoms with E-state index in [1.807, 2.05) is 48.5 Å². The van der Waals surface area contributed by atoms with Gasteiger partial charge in [-0.3, -0.25) is 4.57 Å².